The average molecular weight is 410 g/mol. The van der Waals surface area contributed by atoms with Gasteiger partial charge in [-0.1, -0.05) is 36.8 Å². The number of nitrogens with one attached hydrogen (secondary N) is 1. The van der Waals surface area contributed by atoms with E-state index in [0.29, 0.717) is 23.1 Å². The average Bonchev–Trinajstić information content (AvgIpc) is 3.48. The Kier molecular flexibility index (Phi) is 4.76. The lowest BCUT2D eigenvalue weighted by molar-refractivity contribution is 0.0916. The smallest absolute Gasteiger partial charge is 0.280 e. The zero-order valence-corrected chi connectivity index (χ0v) is 16.8. The van der Waals surface area contributed by atoms with Crippen molar-refractivity contribution in [3.63, 3.8) is 0 Å². The zero-order valence-electron chi connectivity index (χ0n) is 16.8. The molecule has 156 valence electrons. The molecule has 0 saturated heterocycles. The standard InChI is InChI=1S/C23H24F2N4O/c1-13(17-10-14-7-8-16(17)9-14)27-23(30)18-12-26-29-20(21(24)25)11-19(28-22(18)29)15-5-3-2-4-6-15/h2-6,11-14,16-17,21H,7-10H2,1H3,(H,27,30). The second-order valence-corrected chi connectivity index (χ2v) is 8.63. The third kappa shape index (κ3) is 3.26. The van der Waals surface area contributed by atoms with Gasteiger partial charge in [0.05, 0.1) is 11.9 Å². The van der Waals surface area contributed by atoms with E-state index in [2.05, 4.69) is 15.4 Å². The van der Waals surface area contributed by atoms with E-state index in [4.69, 9.17) is 0 Å². The number of alkyl halides is 2. The molecule has 0 spiro atoms. The first-order chi connectivity index (χ1) is 14.5. The van der Waals surface area contributed by atoms with Crippen molar-refractivity contribution in [2.24, 2.45) is 17.8 Å². The summed E-state index contributed by atoms with van der Waals surface area (Å²) in [7, 11) is 0. The highest BCUT2D eigenvalue weighted by Crippen LogP contribution is 2.49. The van der Waals surface area contributed by atoms with E-state index >= 15 is 0 Å². The second-order valence-electron chi connectivity index (χ2n) is 8.63. The van der Waals surface area contributed by atoms with Crippen molar-refractivity contribution in [1.82, 2.24) is 19.9 Å². The van der Waals surface area contributed by atoms with E-state index in [1.807, 2.05) is 25.1 Å². The Morgan fingerprint density at radius 1 is 1.20 bits per heavy atom. The molecule has 1 amide bonds. The SMILES string of the molecule is CC(NC(=O)c1cnn2c(C(F)F)cc(-c3ccccc3)nc12)C1CC2CCC1C2. The van der Waals surface area contributed by atoms with Crippen LogP contribution >= 0.6 is 0 Å². The number of amides is 1. The highest BCUT2D eigenvalue weighted by atomic mass is 19.3. The van der Waals surface area contributed by atoms with Crippen molar-refractivity contribution >= 4 is 11.6 Å². The van der Waals surface area contributed by atoms with Crippen LogP contribution in [0.1, 0.15) is 55.1 Å². The van der Waals surface area contributed by atoms with Gasteiger partial charge in [0.2, 0.25) is 0 Å². The van der Waals surface area contributed by atoms with Crippen LogP contribution in [-0.2, 0) is 0 Å². The first-order valence-corrected chi connectivity index (χ1v) is 10.5. The van der Waals surface area contributed by atoms with Gasteiger partial charge in [0.15, 0.2) is 5.65 Å². The maximum atomic E-state index is 13.7. The van der Waals surface area contributed by atoms with Crippen molar-refractivity contribution in [2.45, 2.75) is 45.1 Å². The van der Waals surface area contributed by atoms with Crippen LogP contribution in [0.25, 0.3) is 16.9 Å². The number of carbonyl (C=O) groups excluding carboxylic acids is 1. The van der Waals surface area contributed by atoms with Gasteiger partial charge in [-0.25, -0.2) is 18.3 Å². The quantitative estimate of drug-likeness (QED) is 0.652. The number of aromatic nitrogens is 3. The van der Waals surface area contributed by atoms with E-state index in [9.17, 15) is 13.6 Å². The van der Waals surface area contributed by atoms with Crippen LogP contribution in [0.3, 0.4) is 0 Å². The summed E-state index contributed by atoms with van der Waals surface area (Å²) in [5.41, 5.74) is 1.21. The van der Waals surface area contributed by atoms with Crippen molar-refractivity contribution in [2.75, 3.05) is 0 Å². The lowest BCUT2D eigenvalue weighted by Crippen LogP contribution is -2.40. The summed E-state index contributed by atoms with van der Waals surface area (Å²) in [5, 5.41) is 7.14. The van der Waals surface area contributed by atoms with Gasteiger partial charge < -0.3 is 5.32 Å². The zero-order chi connectivity index (χ0) is 20.8. The van der Waals surface area contributed by atoms with Crippen molar-refractivity contribution < 1.29 is 13.6 Å². The first kappa shape index (κ1) is 19.2. The third-order valence-corrected chi connectivity index (χ3v) is 6.83. The van der Waals surface area contributed by atoms with E-state index in [1.165, 1.54) is 31.5 Å². The third-order valence-electron chi connectivity index (χ3n) is 6.83. The summed E-state index contributed by atoms with van der Waals surface area (Å²) in [6, 6.07) is 10.5. The maximum absolute atomic E-state index is 13.7. The fraction of sp³-hybridized carbons (Fsp3) is 0.435. The molecule has 2 heterocycles. The van der Waals surface area contributed by atoms with Gasteiger partial charge in [0, 0.05) is 11.6 Å². The molecule has 7 heteroatoms. The monoisotopic (exact) mass is 410 g/mol. The van der Waals surface area contributed by atoms with Crippen molar-refractivity contribution in [1.29, 1.82) is 0 Å². The van der Waals surface area contributed by atoms with E-state index < -0.39 is 6.43 Å². The summed E-state index contributed by atoms with van der Waals surface area (Å²) < 4.78 is 28.5. The maximum Gasteiger partial charge on any atom is 0.280 e. The predicted molar refractivity (Wildman–Crippen MR) is 109 cm³/mol. The number of fused-ring (bicyclic) bond motifs is 3. The Hall–Kier alpha value is -2.83. The molecule has 4 atom stereocenters. The van der Waals surface area contributed by atoms with Crippen LogP contribution in [0, 0.1) is 17.8 Å². The molecule has 2 bridgehead atoms. The highest BCUT2D eigenvalue weighted by molar-refractivity contribution is 6.00. The predicted octanol–water partition coefficient (Wildman–Crippen LogP) is 4.89. The van der Waals surface area contributed by atoms with Gasteiger partial charge in [-0.05, 0) is 50.0 Å². The Bertz CT molecular complexity index is 1080. The molecule has 0 aliphatic heterocycles. The number of benzene rings is 1. The topological polar surface area (TPSA) is 59.3 Å². The molecule has 2 saturated carbocycles. The molecule has 2 fully saturated rings. The molecule has 2 aromatic heterocycles. The lowest BCUT2D eigenvalue weighted by atomic mass is 9.84. The van der Waals surface area contributed by atoms with Crippen LogP contribution in [0.15, 0.2) is 42.6 Å². The molecule has 5 nitrogen and oxygen atoms in total. The minimum atomic E-state index is -2.73. The number of rotatable bonds is 5. The van der Waals surface area contributed by atoms with Crippen LogP contribution in [0.2, 0.25) is 0 Å². The summed E-state index contributed by atoms with van der Waals surface area (Å²) in [4.78, 5) is 17.5. The molecule has 5 rings (SSSR count). The minimum absolute atomic E-state index is 0.0367. The number of halogens is 2. The number of hydrogen-bond acceptors (Lipinski definition) is 3. The van der Waals surface area contributed by atoms with Crippen LogP contribution < -0.4 is 5.32 Å². The summed E-state index contributed by atoms with van der Waals surface area (Å²) in [6.45, 7) is 2.04. The molecule has 1 N–H and O–H groups in total. The molecule has 4 unspecified atom stereocenters. The summed E-state index contributed by atoms with van der Waals surface area (Å²) in [6.07, 6.45) is 3.58. The second kappa shape index (κ2) is 7.45. The summed E-state index contributed by atoms with van der Waals surface area (Å²) >= 11 is 0. The lowest BCUT2D eigenvalue weighted by Gasteiger charge is -2.28. The molecule has 0 radical (unpaired) electrons. The Balaban J connectivity index is 1.48. The van der Waals surface area contributed by atoms with E-state index in [0.717, 1.165) is 16.9 Å². The highest BCUT2D eigenvalue weighted by Gasteiger charge is 2.42. The van der Waals surface area contributed by atoms with Gasteiger partial charge in [-0.2, -0.15) is 5.10 Å². The van der Waals surface area contributed by atoms with Crippen molar-refractivity contribution in [3.8, 4) is 11.3 Å². The van der Waals surface area contributed by atoms with Gasteiger partial charge in [0.1, 0.15) is 11.3 Å². The molecular formula is C23H24F2N4O. The minimum Gasteiger partial charge on any atom is -0.349 e. The van der Waals surface area contributed by atoms with Gasteiger partial charge in [-0.3, -0.25) is 4.79 Å². The first-order valence-electron chi connectivity index (χ1n) is 10.5. The van der Waals surface area contributed by atoms with Gasteiger partial charge >= 0.3 is 0 Å². The van der Waals surface area contributed by atoms with E-state index in [1.54, 1.807) is 12.1 Å². The molecule has 2 aliphatic rings. The van der Waals surface area contributed by atoms with Crippen LogP contribution in [0.5, 0.6) is 0 Å². The number of carbonyl (C=O) groups is 1. The van der Waals surface area contributed by atoms with Gasteiger partial charge in [-0.15, -0.1) is 0 Å². The van der Waals surface area contributed by atoms with Gasteiger partial charge in [0.25, 0.3) is 12.3 Å². The normalized spacial score (nSPS) is 23.9. The molecule has 3 aromatic rings. The fourth-order valence-electron chi connectivity index (χ4n) is 5.36. The largest absolute Gasteiger partial charge is 0.349 e. The summed E-state index contributed by atoms with van der Waals surface area (Å²) in [5.74, 6) is 1.65. The van der Waals surface area contributed by atoms with Crippen molar-refractivity contribution in [3.05, 3.63) is 53.9 Å². The Morgan fingerprint density at radius 2 is 2.00 bits per heavy atom. The van der Waals surface area contributed by atoms with Crippen LogP contribution in [0.4, 0.5) is 8.78 Å². The molecular weight excluding hydrogens is 386 g/mol. The van der Waals surface area contributed by atoms with Crippen LogP contribution in [-0.4, -0.2) is 26.5 Å². The van der Waals surface area contributed by atoms with E-state index in [-0.39, 0.29) is 28.9 Å². The molecule has 30 heavy (non-hydrogen) atoms. The fourth-order valence-corrected chi connectivity index (χ4v) is 5.36. The Labute approximate surface area is 173 Å². The number of nitrogens with zero attached hydrogens (tertiary/aromatic N) is 3. The Morgan fingerprint density at radius 3 is 2.67 bits per heavy atom. The molecule has 2 aliphatic carbocycles. The molecule has 1 aromatic carbocycles. The number of hydrogen-bond donors (Lipinski definition) is 1.